The van der Waals surface area contributed by atoms with Crippen molar-refractivity contribution in [3.63, 3.8) is 0 Å². The van der Waals surface area contributed by atoms with Gasteiger partial charge in [-0.25, -0.2) is 4.52 Å². The number of hydrogen-bond donors (Lipinski definition) is 1. The number of amides is 1. The summed E-state index contributed by atoms with van der Waals surface area (Å²) in [5.41, 5.74) is 4.05. The molecule has 5 rings (SSSR count). The normalized spacial score (nSPS) is 15.4. The van der Waals surface area contributed by atoms with Gasteiger partial charge in [0.25, 0.3) is 5.56 Å². The topological polar surface area (TPSA) is 86.9 Å². The van der Waals surface area contributed by atoms with Gasteiger partial charge in [-0.3, -0.25) is 14.3 Å². The summed E-state index contributed by atoms with van der Waals surface area (Å²) >= 11 is 0. The van der Waals surface area contributed by atoms with Crippen LogP contribution in [0.25, 0.3) is 16.6 Å². The number of hydrogen-bond acceptors (Lipinski definition) is 5. The van der Waals surface area contributed by atoms with Gasteiger partial charge in [0, 0.05) is 23.2 Å². The van der Waals surface area contributed by atoms with E-state index in [9.17, 15) is 9.59 Å². The predicted octanol–water partition coefficient (Wildman–Crippen LogP) is 3.17. The molecule has 33 heavy (non-hydrogen) atoms. The molecule has 1 aliphatic rings. The standard InChI is InChI=1S/C25H26N4O4/c1-15-11-23(30)27-25-18-12-21(32-2)22(33-3)13-20(18)28(29(15)25)14-24(31)26-19-10-6-8-16-7-4-5-9-17(16)19/h4-5,7,9,11-13,19H,6,8,10,14H2,1-3H3,(H,26,31)/t19-/m0/s1. The molecular weight excluding hydrogens is 420 g/mol. The van der Waals surface area contributed by atoms with Gasteiger partial charge >= 0.3 is 0 Å². The number of methoxy groups -OCH3 is 2. The summed E-state index contributed by atoms with van der Waals surface area (Å²) in [4.78, 5) is 29.6. The Labute approximate surface area is 190 Å². The number of carbonyl (C=O) groups excluding carboxylic acids is 1. The van der Waals surface area contributed by atoms with Crippen LogP contribution in [0, 0.1) is 6.92 Å². The first kappa shape index (κ1) is 21.1. The van der Waals surface area contributed by atoms with Gasteiger partial charge in [-0.05, 0) is 43.4 Å². The minimum Gasteiger partial charge on any atom is -0.493 e. The lowest BCUT2D eigenvalue weighted by Crippen LogP contribution is -2.34. The molecule has 0 saturated carbocycles. The van der Waals surface area contributed by atoms with Crippen LogP contribution in [-0.2, 0) is 17.8 Å². The Bertz CT molecular complexity index is 1440. The molecule has 170 valence electrons. The Morgan fingerprint density at radius 2 is 1.91 bits per heavy atom. The fourth-order valence-corrected chi connectivity index (χ4v) is 4.87. The lowest BCUT2D eigenvalue weighted by Gasteiger charge is -2.26. The number of aromatic nitrogens is 3. The van der Waals surface area contributed by atoms with E-state index in [1.807, 2.05) is 29.8 Å². The second kappa shape index (κ2) is 8.27. The third kappa shape index (κ3) is 3.61. The maximum Gasteiger partial charge on any atom is 0.273 e. The van der Waals surface area contributed by atoms with Gasteiger partial charge in [-0.2, -0.15) is 4.98 Å². The molecule has 1 N–H and O–H groups in total. The van der Waals surface area contributed by atoms with Crippen molar-refractivity contribution < 1.29 is 14.3 Å². The minimum atomic E-state index is -0.329. The van der Waals surface area contributed by atoms with E-state index in [1.165, 1.54) is 17.2 Å². The van der Waals surface area contributed by atoms with Gasteiger partial charge in [0.1, 0.15) is 6.54 Å². The second-order valence-corrected chi connectivity index (χ2v) is 8.36. The molecule has 2 aromatic carbocycles. The highest BCUT2D eigenvalue weighted by Crippen LogP contribution is 2.35. The van der Waals surface area contributed by atoms with E-state index in [2.05, 4.69) is 22.4 Å². The first-order valence-corrected chi connectivity index (χ1v) is 11.0. The van der Waals surface area contributed by atoms with Crippen molar-refractivity contribution in [1.82, 2.24) is 19.5 Å². The van der Waals surface area contributed by atoms with Crippen LogP contribution in [0.5, 0.6) is 11.5 Å². The van der Waals surface area contributed by atoms with Crippen LogP contribution in [0.15, 0.2) is 47.3 Å². The number of rotatable bonds is 5. The van der Waals surface area contributed by atoms with E-state index in [4.69, 9.17) is 9.47 Å². The average molecular weight is 447 g/mol. The highest BCUT2D eigenvalue weighted by molar-refractivity contribution is 5.96. The number of aryl methyl sites for hydroxylation is 2. The summed E-state index contributed by atoms with van der Waals surface area (Å²) in [5.74, 6) is 0.961. The highest BCUT2D eigenvalue weighted by Gasteiger charge is 2.23. The molecule has 1 aliphatic carbocycles. The fraction of sp³-hybridized carbons (Fsp3) is 0.320. The van der Waals surface area contributed by atoms with E-state index in [-0.39, 0.29) is 24.1 Å². The van der Waals surface area contributed by atoms with E-state index in [0.717, 1.165) is 24.8 Å². The van der Waals surface area contributed by atoms with Gasteiger partial charge in [0.15, 0.2) is 17.1 Å². The Balaban J connectivity index is 1.58. The number of ether oxygens (including phenoxy) is 2. The Kier molecular flexibility index (Phi) is 5.28. The summed E-state index contributed by atoms with van der Waals surface area (Å²) in [6.45, 7) is 1.90. The average Bonchev–Trinajstić information content (AvgIpc) is 3.10. The van der Waals surface area contributed by atoms with Crippen LogP contribution in [0.1, 0.15) is 35.7 Å². The second-order valence-electron chi connectivity index (χ2n) is 8.36. The lowest BCUT2D eigenvalue weighted by molar-refractivity contribution is -0.122. The Morgan fingerprint density at radius 3 is 2.70 bits per heavy atom. The lowest BCUT2D eigenvalue weighted by atomic mass is 9.88. The molecule has 0 saturated heterocycles. The minimum absolute atomic E-state index is 0.0114. The summed E-state index contributed by atoms with van der Waals surface area (Å²) < 4.78 is 14.6. The quantitative estimate of drug-likeness (QED) is 0.509. The van der Waals surface area contributed by atoms with E-state index in [0.29, 0.717) is 28.2 Å². The number of nitrogens with zero attached hydrogens (tertiary/aromatic N) is 3. The molecule has 1 amide bonds. The molecular formula is C25H26N4O4. The van der Waals surface area contributed by atoms with E-state index < -0.39 is 0 Å². The molecule has 0 unspecified atom stereocenters. The van der Waals surface area contributed by atoms with Crippen molar-refractivity contribution in [1.29, 1.82) is 0 Å². The SMILES string of the molecule is COc1cc2c(cc1OC)n(CC(=O)N[C@H]1CCCc3ccccc31)n1c(C)cc(=O)nc21. The predicted molar refractivity (Wildman–Crippen MR) is 125 cm³/mol. The molecule has 8 nitrogen and oxygen atoms in total. The van der Waals surface area contributed by atoms with Gasteiger partial charge in [-0.1, -0.05) is 24.3 Å². The number of benzene rings is 2. The fourth-order valence-electron chi connectivity index (χ4n) is 4.87. The van der Waals surface area contributed by atoms with E-state index in [1.54, 1.807) is 24.8 Å². The highest BCUT2D eigenvalue weighted by atomic mass is 16.5. The van der Waals surface area contributed by atoms with Crippen molar-refractivity contribution in [3.05, 3.63) is 69.6 Å². The van der Waals surface area contributed by atoms with Gasteiger partial charge in [-0.15, -0.1) is 0 Å². The summed E-state index contributed by atoms with van der Waals surface area (Å²) in [7, 11) is 3.12. The maximum absolute atomic E-state index is 13.2. The van der Waals surface area contributed by atoms with Crippen molar-refractivity contribution in [3.8, 4) is 11.5 Å². The molecule has 0 radical (unpaired) electrons. The molecule has 8 heteroatoms. The summed E-state index contributed by atoms with van der Waals surface area (Å²) in [6, 6.07) is 13.3. The van der Waals surface area contributed by atoms with Crippen molar-refractivity contribution in [2.75, 3.05) is 14.2 Å². The molecule has 0 spiro atoms. The number of fused-ring (bicyclic) bond motifs is 4. The third-order valence-corrected chi connectivity index (χ3v) is 6.34. The Hall–Kier alpha value is -3.81. The third-order valence-electron chi connectivity index (χ3n) is 6.34. The molecule has 0 aliphatic heterocycles. The smallest absolute Gasteiger partial charge is 0.273 e. The van der Waals surface area contributed by atoms with Crippen LogP contribution < -0.4 is 20.3 Å². The van der Waals surface area contributed by atoms with Crippen LogP contribution in [-0.4, -0.2) is 34.3 Å². The maximum atomic E-state index is 13.2. The van der Waals surface area contributed by atoms with Crippen molar-refractivity contribution in [2.24, 2.45) is 0 Å². The molecule has 1 atom stereocenters. The summed E-state index contributed by atoms with van der Waals surface area (Å²) in [6.07, 6.45) is 2.99. The van der Waals surface area contributed by atoms with Gasteiger partial charge in [0.05, 0.1) is 25.8 Å². The first-order valence-electron chi connectivity index (χ1n) is 11.0. The van der Waals surface area contributed by atoms with Crippen molar-refractivity contribution in [2.45, 2.75) is 38.8 Å². The Morgan fingerprint density at radius 1 is 1.15 bits per heavy atom. The van der Waals surface area contributed by atoms with Crippen LogP contribution >= 0.6 is 0 Å². The zero-order valence-electron chi connectivity index (χ0n) is 18.9. The van der Waals surface area contributed by atoms with Crippen LogP contribution in [0.4, 0.5) is 0 Å². The zero-order valence-corrected chi connectivity index (χ0v) is 18.9. The molecule has 2 aromatic heterocycles. The van der Waals surface area contributed by atoms with Gasteiger partial charge < -0.3 is 14.8 Å². The van der Waals surface area contributed by atoms with Crippen LogP contribution in [0.2, 0.25) is 0 Å². The summed E-state index contributed by atoms with van der Waals surface area (Å²) in [5, 5.41) is 3.93. The van der Waals surface area contributed by atoms with E-state index >= 15 is 0 Å². The number of nitrogens with one attached hydrogen (secondary N) is 1. The zero-order chi connectivity index (χ0) is 23.1. The molecule has 0 bridgehead atoms. The number of carbonyl (C=O) groups is 1. The largest absolute Gasteiger partial charge is 0.493 e. The molecule has 0 fully saturated rings. The molecule has 2 heterocycles. The first-order chi connectivity index (χ1) is 16.0. The monoisotopic (exact) mass is 446 g/mol. The van der Waals surface area contributed by atoms with Crippen LogP contribution in [0.3, 0.4) is 0 Å². The molecule has 4 aromatic rings. The van der Waals surface area contributed by atoms with Gasteiger partial charge in [0.2, 0.25) is 5.91 Å². The van der Waals surface area contributed by atoms with Crippen molar-refractivity contribution >= 4 is 22.5 Å².